The highest BCUT2D eigenvalue weighted by Crippen LogP contribution is 2.16. The highest BCUT2D eigenvalue weighted by molar-refractivity contribution is 5.89. The van der Waals surface area contributed by atoms with E-state index < -0.39 is 11.0 Å². The fourth-order valence-electron chi connectivity index (χ4n) is 1.53. The number of anilines is 1. The lowest BCUT2D eigenvalue weighted by Crippen LogP contribution is -2.45. The van der Waals surface area contributed by atoms with Gasteiger partial charge < -0.3 is 16.4 Å². The summed E-state index contributed by atoms with van der Waals surface area (Å²) < 4.78 is 0. The molecule has 1 aromatic rings. The molecular formula is C12H18N4O3. The first-order chi connectivity index (χ1) is 8.93. The first kappa shape index (κ1) is 14.9. The number of nitrogens with one attached hydrogen (secondary N) is 2. The standard InChI is InChI=1S/C12H18N4O3/c1-8(2)11(7-13)15-12(17)14-9-4-3-5-10(6-9)16(18)19/h3-6,8,11H,7,13H2,1-2H3,(H2,14,15,17). The van der Waals surface area contributed by atoms with Crippen molar-refractivity contribution in [3.8, 4) is 0 Å². The number of benzene rings is 1. The van der Waals surface area contributed by atoms with Gasteiger partial charge in [-0.2, -0.15) is 0 Å². The van der Waals surface area contributed by atoms with Crippen molar-refractivity contribution in [1.29, 1.82) is 0 Å². The number of non-ortho nitro benzene ring substituents is 1. The van der Waals surface area contributed by atoms with Gasteiger partial charge in [0.05, 0.1) is 4.92 Å². The minimum atomic E-state index is -0.514. The number of nitro benzene ring substituents is 1. The van der Waals surface area contributed by atoms with Gasteiger partial charge in [-0.15, -0.1) is 0 Å². The fourth-order valence-corrected chi connectivity index (χ4v) is 1.53. The van der Waals surface area contributed by atoms with Crippen LogP contribution in [0.25, 0.3) is 0 Å². The largest absolute Gasteiger partial charge is 0.334 e. The molecule has 0 aromatic heterocycles. The van der Waals surface area contributed by atoms with Crippen molar-refractivity contribution in [2.75, 3.05) is 11.9 Å². The highest BCUT2D eigenvalue weighted by Gasteiger charge is 2.15. The summed E-state index contributed by atoms with van der Waals surface area (Å²) in [6, 6.07) is 5.19. The molecule has 2 amide bonds. The van der Waals surface area contributed by atoms with E-state index in [2.05, 4.69) is 10.6 Å². The van der Waals surface area contributed by atoms with Gasteiger partial charge in [0, 0.05) is 30.4 Å². The van der Waals surface area contributed by atoms with Crippen LogP contribution in [0, 0.1) is 16.0 Å². The molecule has 19 heavy (non-hydrogen) atoms. The van der Waals surface area contributed by atoms with Crippen molar-refractivity contribution in [1.82, 2.24) is 5.32 Å². The van der Waals surface area contributed by atoms with E-state index in [1.165, 1.54) is 18.2 Å². The average Bonchev–Trinajstić information content (AvgIpc) is 2.35. The minimum Gasteiger partial charge on any atom is -0.334 e. The Labute approximate surface area is 111 Å². The van der Waals surface area contributed by atoms with Crippen molar-refractivity contribution in [3.63, 3.8) is 0 Å². The van der Waals surface area contributed by atoms with Crippen LogP contribution in [-0.4, -0.2) is 23.5 Å². The van der Waals surface area contributed by atoms with Gasteiger partial charge in [0.1, 0.15) is 0 Å². The Hall–Kier alpha value is -2.15. The second kappa shape index (κ2) is 6.69. The van der Waals surface area contributed by atoms with Crippen molar-refractivity contribution < 1.29 is 9.72 Å². The van der Waals surface area contributed by atoms with Crippen molar-refractivity contribution in [2.24, 2.45) is 11.7 Å². The molecular weight excluding hydrogens is 248 g/mol. The summed E-state index contributed by atoms with van der Waals surface area (Å²) in [6.45, 7) is 4.23. The molecule has 0 saturated heterocycles. The predicted octanol–water partition coefficient (Wildman–Crippen LogP) is 1.70. The maximum absolute atomic E-state index is 11.7. The van der Waals surface area contributed by atoms with E-state index >= 15 is 0 Å². The number of hydrogen-bond donors (Lipinski definition) is 3. The first-order valence-electron chi connectivity index (χ1n) is 5.96. The summed E-state index contributed by atoms with van der Waals surface area (Å²) >= 11 is 0. The Balaban J connectivity index is 2.66. The first-order valence-corrected chi connectivity index (χ1v) is 5.96. The molecule has 1 unspecified atom stereocenters. The lowest BCUT2D eigenvalue weighted by Gasteiger charge is -2.20. The van der Waals surface area contributed by atoms with Crippen LogP contribution in [0.15, 0.2) is 24.3 Å². The number of nitrogens with zero attached hydrogens (tertiary/aromatic N) is 1. The zero-order valence-corrected chi connectivity index (χ0v) is 10.9. The molecule has 1 aromatic carbocycles. The molecule has 0 aliphatic heterocycles. The fraction of sp³-hybridized carbons (Fsp3) is 0.417. The SMILES string of the molecule is CC(C)C(CN)NC(=O)Nc1cccc([N+](=O)[O-])c1. The monoisotopic (exact) mass is 266 g/mol. The number of rotatable bonds is 5. The van der Waals surface area contributed by atoms with Gasteiger partial charge in [0.15, 0.2) is 0 Å². The van der Waals surface area contributed by atoms with Gasteiger partial charge in [0.25, 0.3) is 5.69 Å². The second-order valence-corrected chi connectivity index (χ2v) is 4.49. The van der Waals surface area contributed by atoms with Crippen LogP contribution in [-0.2, 0) is 0 Å². The Morgan fingerprint density at radius 3 is 2.68 bits per heavy atom. The third kappa shape index (κ3) is 4.55. The molecule has 1 rings (SSSR count). The molecule has 0 bridgehead atoms. The Morgan fingerprint density at radius 1 is 1.47 bits per heavy atom. The smallest absolute Gasteiger partial charge is 0.319 e. The van der Waals surface area contributed by atoms with E-state index in [0.29, 0.717) is 12.2 Å². The van der Waals surface area contributed by atoms with Crippen LogP contribution in [0.2, 0.25) is 0 Å². The molecule has 0 fully saturated rings. The summed E-state index contributed by atoms with van der Waals surface area (Å²) in [5.41, 5.74) is 5.84. The number of nitro groups is 1. The Bertz CT molecular complexity index is 462. The zero-order chi connectivity index (χ0) is 14.4. The quantitative estimate of drug-likeness (QED) is 0.556. The number of urea groups is 1. The van der Waals surface area contributed by atoms with Crippen molar-refractivity contribution >= 4 is 17.4 Å². The highest BCUT2D eigenvalue weighted by atomic mass is 16.6. The molecule has 4 N–H and O–H groups in total. The lowest BCUT2D eigenvalue weighted by atomic mass is 10.1. The van der Waals surface area contributed by atoms with Crippen LogP contribution in [0.5, 0.6) is 0 Å². The minimum absolute atomic E-state index is 0.0722. The molecule has 0 aliphatic rings. The van der Waals surface area contributed by atoms with E-state index in [1.807, 2.05) is 13.8 Å². The number of nitrogens with two attached hydrogens (primary N) is 1. The van der Waals surface area contributed by atoms with Gasteiger partial charge in [-0.25, -0.2) is 4.79 Å². The third-order valence-corrected chi connectivity index (χ3v) is 2.69. The summed E-state index contributed by atoms with van der Waals surface area (Å²) in [5, 5.41) is 15.9. The van der Waals surface area contributed by atoms with E-state index in [4.69, 9.17) is 5.73 Å². The van der Waals surface area contributed by atoms with Crippen molar-refractivity contribution in [2.45, 2.75) is 19.9 Å². The molecule has 104 valence electrons. The van der Waals surface area contributed by atoms with E-state index in [0.717, 1.165) is 0 Å². The molecule has 7 nitrogen and oxygen atoms in total. The van der Waals surface area contributed by atoms with E-state index in [9.17, 15) is 14.9 Å². The van der Waals surface area contributed by atoms with Gasteiger partial charge in [0.2, 0.25) is 0 Å². The summed E-state index contributed by atoms with van der Waals surface area (Å²) in [6.07, 6.45) is 0. The molecule has 7 heteroatoms. The van der Waals surface area contributed by atoms with Crippen molar-refractivity contribution in [3.05, 3.63) is 34.4 Å². The third-order valence-electron chi connectivity index (χ3n) is 2.69. The average molecular weight is 266 g/mol. The Morgan fingerprint density at radius 2 is 2.16 bits per heavy atom. The van der Waals surface area contributed by atoms with Crippen LogP contribution in [0.3, 0.4) is 0 Å². The van der Waals surface area contributed by atoms with Gasteiger partial charge >= 0.3 is 6.03 Å². The molecule has 0 radical (unpaired) electrons. The number of carbonyl (C=O) groups is 1. The molecule has 0 saturated carbocycles. The van der Waals surface area contributed by atoms with E-state index in [-0.39, 0.29) is 17.6 Å². The van der Waals surface area contributed by atoms with Crippen LogP contribution < -0.4 is 16.4 Å². The second-order valence-electron chi connectivity index (χ2n) is 4.49. The molecule has 0 aliphatic carbocycles. The maximum atomic E-state index is 11.7. The number of hydrogen-bond acceptors (Lipinski definition) is 4. The summed E-state index contributed by atoms with van der Waals surface area (Å²) in [7, 11) is 0. The van der Waals surface area contributed by atoms with E-state index in [1.54, 1.807) is 6.07 Å². The molecule has 0 heterocycles. The zero-order valence-electron chi connectivity index (χ0n) is 10.9. The number of amides is 2. The van der Waals surface area contributed by atoms with Gasteiger partial charge in [-0.3, -0.25) is 10.1 Å². The lowest BCUT2D eigenvalue weighted by molar-refractivity contribution is -0.384. The number of carbonyl (C=O) groups excluding carboxylic acids is 1. The normalized spacial score (nSPS) is 12.0. The van der Waals surface area contributed by atoms with Gasteiger partial charge in [-0.1, -0.05) is 19.9 Å². The van der Waals surface area contributed by atoms with Gasteiger partial charge in [-0.05, 0) is 12.0 Å². The van der Waals surface area contributed by atoms with Crippen LogP contribution >= 0.6 is 0 Å². The van der Waals surface area contributed by atoms with Crippen LogP contribution in [0.1, 0.15) is 13.8 Å². The summed E-state index contributed by atoms with van der Waals surface area (Å²) in [4.78, 5) is 21.8. The maximum Gasteiger partial charge on any atom is 0.319 e. The molecule has 0 spiro atoms. The Kier molecular flexibility index (Phi) is 5.25. The predicted molar refractivity (Wildman–Crippen MR) is 72.9 cm³/mol. The topological polar surface area (TPSA) is 110 Å². The molecule has 1 atom stereocenters. The summed E-state index contributed by atoms with van der Waals surface area (Å²) in [5.74, 6) is 0.209. The van der Waals surface area contributed by atoms with Crippen LogP contribution in [0.4, 0.5) is 16.2 Å².